The lowest BCUT2D eigenvalue weighted by atomic mass is 10.3. The Hall–Kier alpha value is -1.45. The first-order valence-electron chi connectivity index (χ1n) is 4.24. The molecule has 4 nitrogen and oxygen atoms in total. The van der Waals surface area contributed by atoms with Gasteiger partial charge in [-0.3, -0.25) is 0 Å². The summed E-state index contributed by atoms with van der Waals surface area (Å²) in [4.78, 5) is 12.9. The molecule has 0 saturated carbocycles. The highest BCUT2D eigenvalue weighted by molar-refractivity contribution is 5.73. The number of nitrogens with one attached hydrogen (secondary N) is 1. The Balaban J connectivity index is 2.41. The first-order valence-corrected chi connectivity index (χ1v) is 4.24. The second-order valence-electron chi connectivity index (χ2n) is 2.82. The van der Waals surface area contributed by atoms with Crippen LogP contribution in [0.2, 0.25) is 0 Å². The van der Waals surface area contributed by atoms with Gasteiger partial charge in [0, 0.05) is 19.2 Å². The average molecular weight is 182 g/mol. The molecule has 0 atom stereocenters. The lowest BCUT2D eigenvalue weighted by molar-refractivity contribution is 0.207. The number of carbonyl (C=O) groups excluding carboxylic acids is 1. The minimum absolute atomic E-state index is 0.0660. The maximum atomic E-state index is 11.3. The molecule has 0 radical (unpaired) electrons. The van der Waals surface area contributed by atoms with Crippen LogP contribution >= 0.6 is 0 Å². The number of hydrogen-bond donors (Lipinski definition) is 1. The molecule has 1 aromatic heterocycles. The van der Waals surface area contributed by atoms with Crippen molar-refractivity contribution in [1.29, 1.82) is 0 Å². The van der Waals surface area contributed by atoms with Gasteiger partial charge < -0.3 is 14.6 Å². The number of nitrogens with zero attached hydrogens (tertiary/aromatic N) is 1. The molecule has 0 aliphatic carbocycles. The van der Waals surface area contributed by atoms with E-state index in [2.05, 4.69) is 5.32 Å². The zero-order chi connectivity index (χ0) is 9.68. The molecule has 72 valence electrons. The van der Waals surface area contributed by atoms with E-state index in [1.165, 1.54) is 0 Å². The Labute approximate surface area is 77.5 Å². The van der Waals surface area contributed by atoms with Gasteiger partial charge in [0.15, 0.2) is 0 Å². The van der Waals surface area contributed by atoms with Crippen LogP contribution in [0.1, 0.15) is 12.5 Å². The summed E-state index contributed by atoms with van der Waals surface area (Å²) in [7, 11) is 1.75. The monoisotopic (exact) mass is 182 g/mol. The second kappa shape index (κ2) is 4.54. The summed E-state index contributed by atoms with van der Waals surface area (Å²) in [6.07, 6.45) is 3.23. The molecule has 0 aliphatic heterocycles. The van der Waals surface area contributed by atoms with E-state index in [-0.39, 0.29) is 6.03 Å². The standard InChI is InChI=1S/C9H14N2O2/c1-3-10-9(12)11(2)6-8-4-5-13-7-8/h4-5,7H,3,6H2,1-2H3,(H,10,12). The summed E-state index contributed by atoms with van der Waals surface area (Å²) in [6.45, 7) is 3.11. The van der Waals surface area contributed by atoms with Gasteiger partial charge in [0.05, 0.1) is 19.1 Å². The minimum atomic E-state index is -0.0660. The highest BCUT2D eigenvalue weighted by Gasteiger charge is 2.07. The van der Waals surface area contributed by atoms with E-state index in [1.54, 1.807) is 24.5 Å². The lowest BCUT2D eigenvalue weighted by Gasteiger charge is -2.15. The fourth-order valence-corrected chi connectivity index (χ4v) is 1.01. The molecule has 1 rings (SSSR count). The van der Waals surface area contributed by atoms with Crippen LogP contribution in [-0.4, -0.2) is 24.5 Å². The van der Waals surface area contributed by atoms with Gasteiger partial charge in [-0.25, -0.2) is 4.79 Å². The largest absolute Gasteiger partial charge is 0.472 e. The summed E-state index contributed by atoms with van der Waals surface area (Å²) >= 11 is 0. The number of rotatable bonds is 3. The molecule has 0 bridgehead atoms. The fraction of sp³-hybridized carbons (Fsp3) is 0.444. The summed E-state index contributed by atoms with van der Waals surface area (Å²) in [5, 5.41) is 2.71. The zero-order valence-corrected chi connectivity index (χ0v) is 7.91. The first-order chi connectivity index (χ1) is 6.24. The van der Waals surface area contributed by atoms with Crippen LogP contribution < -0.4 is 5.32 Å². The molecule has 0 aromatic carbocycles. The number of furan rings is 1. The number of hydrogen-bond acceptors (Lipinski definition) is 2. The smallest absolute Gasteiger partial charge is 0.317 e. The highest BCUT2D eigenvalue weighted by atomic mass is 16.3. The molecule has 2 amide bonds. The van der Waals surface area contributed by atoms with Gasteiger partial charge in [-0.1, -0.05) is 0 Å². The summed E-state index contributed by atoms with van der Waals surface area (Å²) < 4.78 is 4.90. The predicted octanol–water partition coefficient (Wildman–Crippen LogP) is 1.44. The molecule has 0 unspecified atom stereocenters. The van der Waals surface area contributed by atoms with Crippen molar-refractivity contribution in [1.82, 2.24) is 10.2 Å². The molecular weight excluding hydrogens is 168 g/mol. The molecule has 4 heteroatoms. The summed E-state index contributed by atoms with van der Waals surface area (Å²) in [6, 6.07) is 1.78. The molecule has 13 heavy (non-hydrogen) atoms. The Morgan fingerprint density at radius 3 is 3.00 bits per heavy atom. The van der Waals surface area contributed by atoms with E-state index in [9.17, 15) is 4.79 Å². The van der Waals surface area contributed by atoms with E-state index in [0.29, 0.717) is 13.1 Å². The average Bonchev–Trinajstić information content (AvgIpc) is 2.57. The minimum Gasteiger partial charge on any atom is -0.472 e. The first kappa shape index (κ1) is 9.64. The Morgan fingerprint density at radius 1 is 1.69 bits per heavy atom. The normalized spacial score (nSPS) is 9.69. The molecule has 1 aromatic rings. The van der Waals surface area contributed by atoms with Gasteiger partial charge in [-0.2, -0.15) is 0 Å². The molecule has 0 fully saturated rings. The van der Waals surface area contributed by atoms with Crippen LogP contribution in [-0.2, 0) is 6.54 Å². The topological polar surface area (TPSA) is 45.5 Å². The van der Waals surface area contributed by atoms with Crippen molar-refractivity contribution in [2.24, 2.45) is 0 Å². The van der Waals surface area contributed by atoms with Gasteiger partial charge in [-0.05, 0) is 13.0 Å². The van der Waals surface area contributed by atoms with Crippen LogP contribution in [0.4, 0.5) is 4.79 Å². The van der Waals surface area contributed by atoms with Crippen molar-refractivity contribution >= 4 is 6.03 Å². The molecule has 0 saturated heterocycles. The van der Waals surface area contributed by atoms with Crippen molar-refractivity contribution in [2.75, 3.05) is 13.6 Å². The predicted molar refractivity (Wildman–Crippen MR) is 49.2 cm³/mol. The lowest BCUT2D eigenvalue weighted by Crippen LogP contribution is -2.36. The van der Waals surface area contributed by atoms with E-state index in [4.69, 9.17) is 4.42 Å². The maximum absolute atomic E-state index is 11.3. The van der Waals surface area contributed by atoms with Gasteiger partial charge >= 0.3 is 6.03 Å². The molecular formula is C9H14N2O2. The van der Waals surface area contributed by atoms with Crippen molar-refractivity contribution < 1.29 is 9.21 Å². The third-order valence-corrected chi connectivity index (χ3v) is 1.67. The fourth-order valence-electron chi connectivity index (χ4n) is 1.01. The Bertz CT molecular complexity index is 257. The van der Waals surface area contributed by atoms with Crippen LogP contribution in [0.3, 0.4) is 0 Å². The highest BCUT2D eigenvalue weighted by Crippen LogP contribution is 2.03. The van der Waals surface area contributed by atoms with Gasteiger partial charge in [0.25, 0.3) is 0 Å². The Kier molecular flexibility index (Phi) is 3.37. The SMILES string of the molecule is CCNC(=O)N(C)Cc1ccoc1. The van der Waals surface area contributed by atoms with Crippen LogP contribution in [0, 0.1) is 0 Å². The number of urea groups is 1. The molecule has 1 heterocycles. The molecule has 0 aliphatic rings. The van der Waals surface area contributed by atoms with Crippen LogP contribution in [0.25, 0.3) is 0 Å². The van der Waals surface area contributed by atoms with Gasteiger partial charge in [0.2, 0.25) is 0 Å². The van der Waals surface area contributed by atoms with Crippen molar-refractivity contribution in [3.63, 3.8) is 0 Å². The molecule has 1 N–H and O–H groups in total. The van der Waals surface area contributed by atoms with Crippen molar-refractivity contribution in [3.8, 4) is 0 Å². The maximum Gasteiger partial charge on any atom is 0.317 e. The second-order valence-corrected chi connectivity index (χ2v) is 2.82. The van der Waals surface area contributed by atoms with E-state index >= 15 is 0 Å². The number of amides is 2. The summed E-state index contributed by atoms with van der Waals surface area (Å²) in [5.74, 6) is 0. The third kappa shape index (κ3) is 2.82. The zero-order valence-electron chi connectivity index (χ0n) is 7.91. The van der Waals surface area contributed by atoms with E-state index < -0.39 is 0 Å². The van der Waals surface area contributed by atoms with Gasteiger partial charge in [0.1, 0.15) is 0 Å². The summed E-state index contributed by atoms with van der Waals surface area (Å²) in [5.41, 5.74) is 0.994. The van der Waals surface area contributed by atoms with Crippen molar-refractivity contribution in [3.05, 3.63) is 24.2 Å². The third-order valence-electron chi connectivity index (χ3n) is 1.67. The van der Waals surface area contributed by atoms with Crippen molar-refractivity contribution in [2.45, 2.75) is 13.5 Å². The van der Waals surface area contributed by atoms with Crippen LogP contribution in [0.5, 0.6) is 0 Å². The van der Waals surface area contributed by atoms with E-state index in [0.717, 1.165) is 5.56 Å². The molecule has 0 spiro atoms. The van der Waals surface area contributed by atoms with Crippen LogP contribution in [0.15, 0.2) is 23.0 Å². The Morgan fingerprint density at radius 2 is 2.46 bits per heavy atom. The van der Waals surface area contributed by atoms with Gasteiger partial charge in [-0.15, -0.1) is 0 Å². The number of carbonyl (C=O) groups is 1. The van der Waals surface area contributed by atoms with E-state index in [1.807, 2.05) is 13.0 Å². The quantitative estimate of drug-likeness (QED) is 0.768.